The van der Waals surface area contributed by atoms with E-state index < -0.39 is 66.6 Å². The van der Waals surface area contributed by atoms with Crippen molar-refractivity contribution in [3.63, 3.8) is 0 Å². The van der Waals surface area contributed by atoms with Gasteiger partial charge in [0.05, 0.1) is 32.3 Å². The Morgan fingerprint density at radius 1 is 1.00 bits per heavy atom. The fourth-order valence-corrected chi connectivity index (χ4v) is 6.89. The van der Waals surface area contributed by atoms with Crippen LogP contribution in [0.2, 0.25) is 0 Å². The Balaban J connectivity index is 1.60. The van der Waals surface area contributed by atoms with Gasteiger partial charge in [-0.25, -0.2) is 13.7 Å². The molecule has 218 valence electrons. The highest BCUT2D eigenvalue weighted by molar-refractivity contribution is 7.66. The highest BCUT2D eigenvalue weighted by atomic mass is 31.3. The number of aliphatic hydroxyl groups is 1. The van der Waals surface area contributed by atoms with Gasteiger partial charge in [0.2, 0.25) is 5.91 Å². The first-order chi connectivity index (χ1) is 18.0. The van der Waals surface area contributed by atoms with Crippen molar-refractivity contribution in [1.82, 2.24) is 4.90 Å². The molecule has 2 aliphatic rings. The summed E-state index contributed by atoms with van der Waals surface area (Å²) in [6.07, 6.45) is -3.17. The van der Waals surface area contributed by atoms with Gasteiger partial charge in [-0.2, -0.15) is 8.62 Å². The molecule has 3 rings (SSSR count). The van der Waals surface area contributed by atoms with Crippen LogP contribution in [-0.2, 0) is 52.5 Å². The van der Waals surface area contributed by atoms with E-state index in [1.54, 1.807) is 0 Å². The summed E-state index contributed by atoms with van der Waals surface area (Å²) in [6, 6.07) is 5.78. The number of hydrogen-bond acceptors (Lipinski definition) is 11. The summed E-state index contributed by atoms with van der Waals surface area (Å²) in [4.78, 5) is 61.9. The standard InChI is InChI=1S/C20H28NO15P3/c1-12-4-3-5-13(2)15(12)10-32-9-14-8-21(19(24)6-16(14)22)20-7-17(23)18(34-20)11-33-38(28,29)36-39(30,31)35-37(25,26)27/h3-5,8,17-18,20,23H,6-7,9-11H2,1-2H3,(H,28,29)(H,30,31)(H2,25,26,27)/t17-,18-,20-/m1/s1. The highest BCUT2D eigenvalue weighted by Crippen LogP contribution is 2.66. The molecule has 0 bridgehead atoms. The molecule has 39 heavy (non-hydrogen) atoms. The van der Waals surface area contributed by atoms with E-state index >= 15 is 0 Å². The van der Waals surface area contributed by atoms with Crippen molar-refractivity contribution in [1.29, 1.82) is 0 Å². The number of ketones is 1. The Morgan fingerprint density at radius 2 is 1.64 bits per heavy atom. The number of nitrogens with zero attached hydrogens (tertiary/aromatic N) is 1. The number of Topliss-reactive ketones (excluding diaryl/α,β-unsaturated/α-hetero) is 1. The van der Waals surface area contributed by atoms with Crippen molar-refractivity contribution in [2.24, 2.45) is 0 Å². The summed E-state index contributed by atoms with van der Waals surface area (Å²) in [5.41, 5.74) is 3.20. The molecule has 0 spiro atoms. The summed E-state index contributed by atoms with van der Waals surface area (Å²) in [5.74, 6) is -1.07. The number of aryl methyl sites for hydroxylation is 2. The lowest BCUT2D eigenvalue weighted by molar-refractivity contribution is -0.144. The summed E-state index contributed by atoms with van der Waals surface area (Å²) in [5, 5.41) is 10.3. The van der Waals surface area contributed by atoms with Gasteiger partial charge in [0.15, 0.2) is 5.78 Å². The molecule has 0 saturated carbocycles. The molecule has 5 atom stereocenters. The van der Waals surface area contributed by atoms with Crippen LogP contribution in [0.25, 0.3) is 0 Å². The number of benzene rings is 1. The lowest BCUT2D eigenvalue weighted by atomic mass is 10.0. The van der Waals surface area contributed by atoms with Crippen molar-refractivity contribution in [3.05, 3.63) is 46.7 Å². The van der Waals surface area contributed by atoms with Crippen LogP contribution in [0.3, 0.4) is 0 Å². The SMILES string of the molecule is Cc1cccc(C)c1COCC1=CN([C@H]2C[C@@H](O)[C@@H](COP(=O)(O)OP(=O)(O)OP(=O)(O)O)O2)C(=O)CC1=O. The zero-order chi connectivity index (χ0) is 29.2. The van der Waals surface area contributed by atoms with Crippen LogP contribution in [0, 0.1) is 13.8 Å². The van der Waals surface area contributed by atoms with Gasteiger partial charge >= 0.3 is 23.5 Å². The number of phosphoric acid groups is 3. The zero-order valence-corrected chi connectivity index (χ0v) is 23.4. The molecule has 0 aliphatic carbocycles. The Morgan fingerprint density at radius 3 is 2.26 bits per heavy atom. The average molecular weight is 615 g/mol. The van der Waals surface area contributed by atoms with Crippen LogP contribution in [0.4, 0.5) is 0 Å². The second kappa shape index (κ2) is 12.5. The maximum atomic E-state index is 12.5. The molecule has 1 amide bonds. The van der Waals surface area contributed by atoms with E-state index in [2.05, 4.69) is 13.1 Å². The lowest BCUT2D eigenvalue weighted by Crippen LogP contribution is -2.41. The third kappa shape index (κ3) is 9.20. The van der Waals surface area contributed by atoms with Gasteiger partial charge in [-0.15, -0.1) is 0 Å². The van der Waals surface area contributed by atoms with Crippen molar-refractivity contribution >= 4 is 35.2 Å². The van der Waals surface area contributed by atoms with E-state index in [-0.39, 0.29) is 25.2 Å². The van der Waals surface area contributed by atoms with E-state index in [1.807, 2.05) is 32.0 Å². The van der Waals surface area contributed by atoms with Crippen LogP contribution in [0.5, 0.6) is 0 Å². The van der Waals surface area contributed by atoms with Crippen LogP contribution in [0.1, 0.15) is 29.5 Å². The molecular formula is C20H28NO15P3. The molecule has 2 aliphatic heterocycles. The van der Waals surface area contributed by atoms with E-state index in [0.29, 0.717) is 0 Å². The normalized spacial score (nSPS) is 25.4. The number of hydrogen-bond donors (Lipinski definition) is 5. The number of phosphoric ester groups is 1. The largest absolute Gasteiger partial charge is 0.490 e. The Kier molecular flexibility index (Phi) is 10.2. The number of amides is 1. The molecule has 5 N–H and O–H groups in total. The summed E-state index contributed by atoms with van der Waals surface area (Å²) in [6.45, 7) is 3.11. The minimum Gasteiger partial charge on any atom is -0.390 e. The molecule has 2 unspecified atom stereocenters. The van der Waals surface area contributed by atoms with Crippen LogP contribution in [0.15, 0.2) is 30.0 Å². The van der Waals surface area contributed by atoms with Gasteiger partial charge in [-0.3, -0.25) is 19.0 Å². The minimum absolute atomic E-state index is 0.0961. The third-order valence-corrected chi connectivity index (χ3v) is 9.54. The van der Waals surface area contributed by atoms with Crippen LogP contribution in [-0.4, -0.2) is 72.9 Å². The van der Waals surface area contributed by atoms with E-state index in [1.165, 1.54) is 6.20 Å². The third-order valence-electron chi connectivity index (χ3n) is 5.73. The molecule has 0 radical (unpaired) electrons. The number of aliphatic hydroxyl groups excluding tert-OH is 1. The fraction of sp³-hybridized carbons (Fsp3) is 0.500. The summed E-state index contributed by atoms with van der Waals surface area (Å²) < 4.78 is 57.0. The first-order valence-electron chi connectivity index (χ1n) is 11.3. The van der Waals surface area contributed by atoms with Crippen molar-refractivity contribution < 1.29 is 70.6 Å². The van der Waals surface area contributed by atoms with Gasteiger partial charge in [0.1, 0.15) is 12.3 Å². The topological polar surface area (TPSA) is 236 Å². The minimum atomic E-state index is -5.71. The molecule has 1 aromatic rings. The second-order valence-corrected chi connectivity index (χ2v) is 13.2. The Bertz CT molecular complexity index is 1260. The summed E-state index contributed by atoms with van der Waals surface area (Å²) in [7, 11) is -16.7. The molecule has 1 fully saturated rings. The molecular weight excluding hydrogens is 587 g/mol. The molecule has 0 aromatic heterocycles. The first kappa shape index (κ1) is 31.9. The van der Waals surface area contributed by atoms with E-state index in [9.17, 15) is 38.2 Å². The average Bonchev–Trinajstić information content (AvgIpc) is 3.13. The van der Waals surface area contributed by atoms with E-state index in [0.717, 1.165) is 21.6 Å². The van der Waals surface area contributed by atoms with E-state index in [4.69, 9.17) is 19.3 Å². The van der Waals surface area contributed by atoms with Crippen molar-refractivity contribution in [2.45, 2.75) is 51.7 Å². The van der Waals surface area contributed by atoms with Crippen LogP contribution >= 0.6 is 23.5 Å². The lowest BCUT2D eigenvalue weighted by Gasteiger charge is -2.29. The molecule has 1 saturated heterocycles. The molecule has 19 heteroatoms. The van der Waals surface area contributed by atoms with Crippen LogP contribution < -0.4 is 0 Å². The number of carbonyl (C=O) groups is 2. The zero-order valence-electron chi connectivity index (χ0n) is 20.7. The number of carbonyl (C=O) groups excluding carboxylic acids is 2. The Hall–Kier alpha value is -1.61. The van der Waals surface area contributed by atoms with Gasteiger partial charge in [-0.05, 0) is 30.5 Å². The summed E-state index contributed by atoms with van der Waals surface area (Å²) >= 11 is 0. The van der Waals surface area contributed by atoms with Crippen molar-refractivity contribution in [3.8, 4) is 0 Å². The first-order valence-corrected chi connectivity index (χ1v) is 15.8. The predicted octanol–water partition coefficient (Wildman–Crippen LogP) is 1.32. The van der Waals surface area contributed by atoms with Gasteiger partial charge in [-0.1, -0.05) is 18.2 Å². The number of rotatable bonds is 12. The second-order valence-electron chi connectivity index (χ2n) is 8.74. The van der Waals surface area contributed by atoms with Gasteiger partial charge in [0.25, 0.3) is 0 Å². The smallest absolute Gasteiger partial charge is 0.390 e. The quantitative estimate of drug-likeness (QED) is 0.165. The molecule has 1 aromatic carbocycles. The van der Waals surface area contributed by atoms with Gasteiger partial charge < -0.3 is 34.2 Å². The molecule has 2 heterocycles. The monoisotopic (exact) mass is 615 g/mol. The molecule has 16 nitrogen and oxygen atoms in total. The number of ether oxygens (including phenoxy) is 2. The maximum Gasteiger partial charge on any atom is 0.490 e. The fourth-order valence-electron chi connectivity index (χ4n) is 3.86. The highest BCUT2D eigenvalue weighted by Gasteiger charge is 2.44. The maximum absolute atomic E-state index is 12.5. The Labute approximate surface area is 222 Å². The predicted molar refractivity (Wildman–Crippen MR) is 129 cm³/mol. The van der Waals surface area contributed by atoms with Crippen molar-refractivity contribution in [2.75, 3.05) is 13.2 Å². The van der Waals surface area contributed by atoms with Gasteiger partial charge in [0, 0.05) is 18.2 Å².